The maximum atomic E-state index is 12.6. The summed E-state index contributed by atoms with van der Waals surface area (Å²) in [5, 5.41) is 18.6. The van der Waals surface area contributed by atoms with Crippen molar-refractivity contribution in [2.75, 3.05) is 11.6 Å². The van der Waals surface area contributed by atoms with E-state index in [0.29, 0.717) is 6.20 Å². The molecule has 120 valence electrons. The molecule has 0 bridgehead atoms. The molecule has 0 aliphatic carbocycles. The summed E-state index contributed by atoms with van der Waals surface area (Å²) in [6.07, 6.45) is -1.96. The number of hydrogen-bond acceptors (Lipinski definition) is 5. The van der Waals surface area contributed by atoms with Crippen LogP contribution in [0.25, 0.3) is 0 Å². The predicted molar refractivity (Wildman–Crippen MR) is 74.1 cm³/mol. The summed E-state index contributed by atoms with van der Waals surface area (Å²) in [5.41, 5.74) is 2.08. The van der Waals surface area contributed by atoms with E-state index in [0.717, 1.165) is 12.1 Å². The Hall–Kier alpha value is -2.73. The number of carboxylic acids is 1. The zero-order valence-electron chi connectivity index (χ0n) is 11.2. The van der Waals surface area contributed by atoms with E-state index >= 15 is 0 Å². The summed E-state index contributed by atoms with van der Waals surface area (Å²) in [7, 11) is 0. The minimum atomic E-state index is -4.57. The van der Waals surface area contributed by atoms with Gasteiger partial charge in [0.2, 0.25) is 0 Å². The first-order valence-corrected chi connectivity index (χ1v) is 6.41. The van der Waals surface area contributed by atoms with Crippen molar-refractivity contribution in [2.45, 2.75) is 6.18 Å². The number of nitriles is 1. The highest BCUT2D eigenvalue weighted by Crippen LogP contribution is 2.34. The Labute approximate surface area is 133 Å². The molecule has 0 fully saturated rings. The zero-order chi connectivity index (χ0) is 17.2. The maximum absolute atomic E-state index is 12.6. The number of carboxylic acid groups (broad SMARTS) is 1. The van der Waals surface area contributed by atoms with Crippen LogP contribution in [0.1, 0.15) is 5.56 Å². The number of hydrazine groups is 1. The Balaban J connectivity index is 2.26. The van der Waals surface area contributed by atoms with E-state index in [-0.39, 0.29) is 28.7 Å². The first kappa shape index (κ1) is 16.6. The van der Waals surface area contributed by atoms with E-state index in [1.54, 1.807) is 0 Å². The van der Waals surface area contributed by atoms with Gasteiger partial charge in [0, 0.05) is 12.3 Å². The number of aliphatic carboxylic acids is 1. The van der Waals surface area contributed by atoms with E-state index in [2.05, 4.69) is 10.4 Å². The molecule has 6 nitrogen and oxygen atoms in total. The van der Waals surface area contributed by atoms with E-state index in [4.69, 9.17) is 22.0 Å². The van der Waals surface area contributed by atoms with E-state index < -0.39 is 17.7 Å². The SMILES string of the molecule is N#CC1=C(C=CC(=O)O)NN(c2ncc(C(F)(F)F)cc2Cl)C1. The largest absolute Gasteiger partial charge is 0.478 e. The average Bonchev–Trinajstić information content (AvgIpc) is 2.87. The van der Waals surface area contributed by atoms with Crippen molar-refractivity contribution in [2.24, 2.45) is 0 Å². The number of halogens is 4. The molecule has 0 atom stereocenters. The fraction of sp³-hybridized carbons (Fsp3) is 0.154. The van der Waals surface area contributed by atoms with Gasteiger partial charge in [-0.3, -0.25) is 10.4 Å². The Kier molecular flexibility index (Phi) is 4.47. The number of pyridine rings is 1. The molecule has 1 aromatic heterocycles. The number of hydrogen-bond donors (Lipinski definition) is 2. The molecule has 2 rings (SSSR count). The molecule has 0 unspecified atom stereocenters. The van der Waals surface area contributed by atoms with E-state index in [1.165, 1.54) is 11.1 Å². The van der Waals surface area contributed by atoms with Crippen molar-refractivity contribution in [3.05, 3.63) is 46.3 Å². The minimum absolute atomic E-state index is 0.00820. The van der Waals surface area contributed by atoms with Gasteiger partial charge in [0.25, 0.3) is 0 Å². The maximum Gasteiger partial charge on any atom is 0.417 e. The fourth-order valence-corrected chi connectivity index (χ4v) is 2.06. The smallest absolute Gasteiger partial charge is 0.417 e. The van der Waals surface area contributed by atoms with Crippen molar-refractivity contribution < 1.29 is 23.1 Å². The van der Waals surface area contributed by atoms with Crippen molar-refractivity contribution in [1.82, 2.24) is 10.4 Å². The van der Waals surface area contributed by atoms with Crippen LogP contribution in [0.5, 0.6) is 0 Å². The quantitative estimate of drug-likeness (QED) is 0.819. The zero-order valence-corrected chi connectivity index (χ0v) is 12.0. The molecule has 1 aromatic rings. The molecule has 1 aliphatic rings. The lowest BCUT2D eigenvalue weighted by molar-refractivity contribution is -0.137. The summed E-state index contributed by atoms with van der Waals surface area (Å²) >= 11 is 5.82. The Bertz CT molecular complexity index is 753. The number of allylic oxidation sites excluding steroid dienone is 1. The highest BCUT2D eigenvalue weighted by molar-refractivity contribution is 6.33. The van der Waals surface area contributed by atoms with Crippen LogP contribution in [-0.4, -0.2) is 22.6 Å². The molecule has 0 saturated carbocycles. The van der Waals surface area contributed by atoms with Gasteiger partial charge in [-0.25, -0.2) is 9.78 Å². The molecule has 10 heteroatoms. The van der Waals surface area contributed by atoms with Gasteiger partial charge in [-0.05, 0) is 12.1 Å². The molecule has 0 radical (unpaired) electrons. The van der Waals surface area contributed by atoms with Gasteiger partial charge in [-0.2, -0.15) is 18.4 Å². The highest BCUT2D eigenvalue weighted by atomic mass is 35.5. The van der Waals surface area contributed by atoms with Crippen LogP contribution in [0.4, 0.5) is 19.0 Å². The van der Waals surface area contributed by atoms with Crippen molar-refractivity contribution >= 4 is 23.4 Å². The van der Waals surface area contributed by atoms with Crippen LogP contribution in [0, 0.1) is 11.3 Å². The number of aromatic nitrogens is 1. The van der Waals surface area contributed by atoms with E-state index in [1.807, 2.05) is 6.07 Å². The third kappa shape index (κ3) is 3.73. The fourth-order valence-electron chi connectivity index (χ4n) is 1.80. The molecule has 2 heterocycles. The predicted octanol–water partition coefficient (Wildman–Crippen LogP) is 2.50. The van der Waals surface area contributed by atoms with Gasteiger partial charge < -0.3 is 5.11 Å². The van der Waals surface area contributed by atoms with Crippen molar-refractivity contribution in [1.29, 1.82) is 5.26 Å². The number of rotatable bonds is 3. The van der Waals surface area contributed by atoms with Crippen LogP contribution in [0.2, 0.25) is 5.02 Å². The second-order valence-electron chi connectivity index (χ2n) is 4.40. The molecule has 0 amide bonds. The standard InChI is InChI=1S/C13H8ClF3N4O2/c14-9-3-8(13(15,16)17)5-19-12(9)21-6-7(4-18)10(20-21)1-2-11(22)23/h1-3,5,20H,6H2,(H,22,23). The van der Waals surface area contributed by atoms with Crippen molar-refractivity contribution in [3.63, 3.8) is 0 Å². The van der Waals surface area contributed by atoms with Crippen LogP contribution >= 0.6 is 11.6 Å². The van der Waals surface area contributed by atoms with Gasteiger partial charge in [-0.15, -0.1) is 0 Å². The molecule has 0 aromatic carbocycles. The number of nitrogens with one attached hydrogen (secondary N) is 1. The second kappa shape index (κ2) is 6.18. The van der Waals surface area contributed by atoms with Crippen LogP contribution < -0.4 is 10.4 Å². The molecule has 1 aliphatic heterocycles. The summed E-state index contributed by atoms with van der Waals surface area (Å²) in [6, 6.07) is 2.60. The Morgan fingerprint density at radius 2 is 2.26 bits per heavy atom. The lowest BCUT2D eigenvalue weighted by Crippen LogP contribution is -2.33. The number of alkyl halides is 3. The third-order valence-electron chi connectivity index (χ3n) is 2.83. The first-order chi connectivity index (χ1) is 10.7. The molecule has 0 spiro atoms. The van der Waals surface area contributed by atoms with Crippen molar-refractivity contribution in [3.8, 4) is 6.07 Å². The Morgan fingerprint density at radius 1 is 1.57 bits per heavy atom. The molecule has 2 N–H and O–H groups in total. The Morgan fingerprint density at radius 3 is 2.78 bits per heavy atom. The monoisotopic (exact) mass is 344 g/mol. The normalized spacial score (nSPS) is 15.0. The van der Waals surface area contributed by atoms with Crippen LogP contribution in [0.3, 0.4) is 0 Å². The summed E-state index contributed by atoms with van der Waals surface area (Å²) in [4.78, 5) is 14.2. The van der Waals surface area contributed by atoms with Gasteiger partial charge in [0.05, 0.1) is 34.5 Å². The van der Waals surface area contributed by atoms with Crippen LogP contribution in [0.15, 0.2) is 35.7 Å². The van der Waals surface area contributed by atoms with Gasteiger partial charge in [0.15, 0.2) is 5.82 Å². The lowest BCUT2D eigenvalue weighted by Gasteiger charge is -2.20. The number of carbonyl (C=O) groups is 1. The molecule has 23 heavy (non-hydrogen) atoms. The average molecular weight is 345 g/mol. The van der Waals surface area contributed by atoms with Gasteiger partial charge in [-0.1, -0.05) is 11.6 Å². The second-order valence-corrected chi connectivity index (χ2v) is 4.81. The molecular weight excluding hydrogens is 337 g/mol. The van der Waals surface area contributed by atoms with Crippen LogP contribution in [-0.2, 0) is 11.0 Å². The van der Waals surface area contributed by atoms with Gasteiger partial charge in [0.1, 0.15) is 0 Å². The molecule has 0 saturated heterocycles. The first-order valence-electron chi connectivity index (χ1n) is 6.03. The van der Waals surface area contributed by atoms with Gasteiger partial charge >= 0.3 is 12.1 Å². The van der Waals surface area contributed by atoms with E-state index in [9.17, 15) is 18.0 Å². The third-order valence-corrected chi connectivity index (χ3v) is 3.11. The summed E-state index contributed by atoms with van der Waals surface area (Å²) in [6.45, 7) is -0.0200. The minimum Gasteiger partial charge on any atom is -0.478 e. The highest BCUT2D eigenvalue weighted by Gasteiger charge is 2.32. The topological polar surface area (TPSA) is 89.2 Å². The molecular formula is C13H8ClF3N4O2. The summed E-state index contributed by atoms with van der Waals surface area (Å²) < 4.78 is 37.8. The number of anilines is 1. The summed E-state index contributed by atoms with van der Waals surface area (Å²) in [5.74, 6) is -1.22. The lowest BCUT2D eigenvalue weighted by atomic mass is 10.2. The number of nitrogens with zero attached hydrogens (tertiary/aromatic N) is 3.